The predicted molar refractivity (Wildman–Crippen MR) is 115 cm³/mol. The molecule has 0 spiro atoms. The highest BCUT2D eigenvalue weighted by Crippen LogP contribution is 2.23. The number of aryl methyl sites for hydroxylation is 1. The minimum absolute atomic E-state index is 0.145. The number of methoxy groups -OCH3 is 1. The van der Waals surface area contributed by atoms with E-state index in [-0.39, 0.29) is 23.9 Å². The van der Waals surface area contributed by atoms with Gasteiger partial charge in [0.1, 0.15) is 5.75 Å². The second-order valence-electron chi connectivity index (χ2n) is 6.70. The number of esters is 1. The summed E-state index contributed by atoms with van der Waals surface area (Å²) in [6.07, 6.45) is -0.444. The Hall–Kier alpha value is -3.06. The second-order valence-corrected chi connectivity index (χ2v) is 7.14. The number of ether oxygens (including phenoxy) is 2. The summed E-state index contributed by atoms with van der Waals surface area (Å²) in [4.78, 5) is 36.1. The quantitative estimate of drug-likeness (QED) is 0.617. The highest BCUT2D eigenvalue weighted by Gasteiger charge is 2.16. The molecule has 0 heterocycles. The molecule has 2 N–H and O–H groups in total. The van der Waals surface area contributed by atoms with Crippen LogP contribution in [0.2, 0.25) is 5.02 Å². The van der Waals surface area contributed by atoms with E-state index in [0.717, 1.165) is 5.56 Å². The Kier molecular flexibility index (Phi) is 8.24. The standard InChI is InChI=1S/C22H25ClN2O5/c1-5-20(26)25-18-10-15(9-16(11-18)22(28)29-4)12-24-21(27)14(3)30-19-7-6-17(23)8-13(19)2/h6-11,14H,5,12H2,1-4H3,(H,24,27)(H,25,26). The number of hydrogen-bond acceptors (Lipinski definition) is 5. The first-order chi connectivity index (χ1) is 14.2. The van der Waals surface area contributed by atoms with Crippen LogP contribution in [-0.4, -0.2) is 31.0 Å². The monoisotopic (exact) mass is 432 g/mol. The average Bonchev–Trinajstić information content (AvgIpc) is 2.72. The minimum Gasteiger partial charge on any atom is -0.481 e. The number of nitrogens with one attached hydrogen (secondary N) is 2. The van der Waals surface area contributed by atoms with Crippen LogP contribution in [0.5, 0.6) is 5.75 Å². The third-order valence-electron chi connectivity index (χ3n) is 4.30. The molecule has 2 rings (SSSR count). The van der Waals surface area contributed by atoms with Gasteiger partial charge in [0.05, 0.1) is 12.7 Å². The molecule has 0 fully saturated rings. The molecule has 0 aliphatic carbocycles. The summed E-state index contributed by atoms with van der Waals surface area (Å²) >= 11 is 5.94. The molecule has 0 aliphatic heterocycles. The molecule has 1 atom stereocenters. The van der Waals surface area contributed by atoms with Crippen molar-refractivity contribution in [2.75, 3.05) is 12.4 Å². The molecule has 30 heavy (non-hydrogen) atoms. The highest BCUT2D eigenvalue weighted by molar-refractivity contribution is 6.30. The van der Waals surface area contributed by atoms with Gasteiger partial charge < -0.3 is 20.1 Å². The summed E-state index contributed by atoms with van der Waals surface area (Å²) in [6.45, 7) is 5.35. The van der Waals surface area contributed by atoms with Crippen molar-refractivity contribution in [3.63, 3.8) is 0 Å². The fraction of sp³-hybridized carbons (Fsp3) is 0.318. The number of anilines is 1. The summed E-state index contributed by atoms with van der Waals surface area (Å²) in [5.41, 5.74) is 2.18. The summed E-state index contributed by atoms with van der Waals surface area (Å²) in [6, 6.07) is 9.98. The van der Waals surface area contributed by atoms with Crippen LogP contribution in [0.1, 0.15) is 41.8 Å². The van der Waals surface area contributed by atoms with Crippen LogP contribution in [0.4, 0.5) is 5.69 Å². The first-order valence-corrected chi connectivity index (χ1v) is 9.84. The number of carbonyl (C=O) groups is 3. The van der Waals surface area contributed by atoms with Gasteiger partial charge in [0.25, 0.3) is 5.91 Å². The van der Waals surface area contributed by atoms with Crippen LogP contribution < -0.4 is 15.4 Å². The van der Waals surface area contributed by atoms with Crippen molar-refractivity contribution in [3.8, 4) is 5.75 Å². The molecule has 8 heteroatoms. The van der Waals surface area contributed by atoms with Gasteiger partial charge in [0, 0.05) is 23.7 Å². The van der Waals surface area contributed by atoms with E-state index in [0.29, 0.717) is 28.4 Å². The van der Waals surface area contributed by atoms with Crippen molar-refractivity contribution in [1.82, 2.24) is 5.32 Å². The average molecular weight is 433 g/mol. The number of carbonyl (C=O) groups excluding carboxylic acids is 3. The van der Waals surface area contributed by atoms with Gasteiger partial charge in [-0.05, 0) is 61.4 Å². The van der Waals surface area contributed by atoms with Crippen LogP contribution in [0.25, 0.3) is 0 Å². The second kappa shape index (κ2) is 10.6. The zero-order chi connectivity index (χ0) is 22.3. The van der Waals surface area contributed by atoms with Crippen LogP contribution >= 0.6 is 11.6 Å². The van der Waals surface area contributed by atoms with Crippen LogP contribution in [-0.2, 0) is 20.9 Å². The maximum atomic E-state index is 12.5. The van der Waals surface area contributed by atoms with E-state index < -0.39 is 12.1 Å². The van der Waals surface area contributed by atoms with E-state index in [1.807, 2.05) is 6.92 Å². The van der Waals surface area contributed by atoms with Gasteiger partial charge in [0.15, 0.2) is 6.10 Å². The van der Waals surface area contributed by atoms with Gasteiger partial charge in [-0.2, -0.15) is 0 Å². The Bertz CT molecular complexity index is 945. The number of rotatable bonds is 8. The Morgan fingerprint density at radius 1 is 1.13 bits per heavy atom. The van der Waals surface area contributed by atoms with Crippen molar-refractivity contribution >= 4 is 35.1 Å². The van der Waals surface area contributed by atoms with E-state index in [2.05, 4.69) is 10.6 Å². The SMILES string of the molecule is CCC(=O)Nc1cc(CNC(=O)C(C)Oc2ccc(Cl)cc2C)cc(C(=O)OC)c1. The van der Waals surface area contributed by atoms with E-state index >= 15 is 0 Å². The fourth-order valence-electron chi connectivity index (χ4n) is 2.67. The van der Waals surface area contributed by atoms with E-state index in [1.165, 1.54) is 13.2 Å². The molecule has 1 unspecified atom stereocenters. The number of amides is 2. The summed E-state index contributed by atoms with van der Waals surface area (Å²) in [7, 11) is 1.28. The lowest BCUT2D eigenvalue weighted by Gasteiger charge is -2.17. The molecule has 2 amide bonds. The Morgan fingerprint density at radius 2 is 1.87 bits per heavy atom. The molecule has 0 aromatic heterocycles. The van der Waals surface area contributed by atoms with Gasteiger partial charge in [-0.1, -0.05) is 18.5 Å². The zero-order valence-corrected chi connectivity index (χ0v) is 18.1. The Labute approximate surface area is 180 Å². The lowest BCUT2D eigenvalue weighted by Crippen LogP contribution is -2.36. The topological polar surface area (TPSA) is 93.7 Å². The third-order valence-corrected chi connectivity index (χ3v) is 4.53. The summed E-state index contributed by atoms with van der Waals surface area (Å²) in [5, 5.41) is 6.08. The van der Waals surface area contributed by atoms with Crippen molar-refractivity contribution in [3.05, 3.63) is 58.1 Å². The molecule has 7 nitrogen and oxygen atoms in total. The van der Waals surface area contributed by atoms with Crippen molar-refractivity contribution in [2.24, 2.45) is 0 Å². The number of hydrogen-bond donors (Lipinski definition) is 2. The molecule has 0 saturated carbocycles. The molecule has 0 radical (unpaired) electrons. The third kappa shape index (κ3) is 6.49. The molecule has 2 aromatic rings. The number of halogens is 1. The van der Waals surface area contributed by atoms with Gasteiger partial charge in [0.2, 0.25) is 5.91 Å². The molecule has 0 aliphatic rings. The molecule has 0 saturated heterocycles. The minimum atomic E-state index is -0.743. The van der Waals surface area contributed by atoms with Gasteiger partial charge in [-0.3, -0.25) is 9.59 Å². The van der Waals surface area contributed by atoms with Gasteiger partial charge >= 0.3 is 5.97 Å². The van der Waals surface area contributed by atoms with Crippen molar-refractivity contribution < 1.29 is 23.9 Å². The smallest absolute Gasteiger partial charge is 0.337 e. The largest absolute Gasteiger partial charge is 0.481 e. The van der Waals surface area contributed by atoms with Gasteiger partial charge in [-0.25, -0.2) is 4.79 Å². The fourth-order valence-corrected chi connectivity index (χ4v) is 2.90. The summed E-state index contributed by atoms with van der Waals surface area (Å²) in [5.74, 6) is -0.483. The van der Waals surface area contributed by atoms with Crippen molar-refractivity contribution in [2.45, 2.75) is 39.8 Å². The highest BCUT2D eigenvalue weighted by atomic mass is 35.5. The van der Waals surface area contributed by atoms with Crippen LogP contribution in [0.15, 0.2) is 36.4 Å². The zero-order valence-electron chi connectivity index (χ0n) is 17.4. The van der Waals surface area contributed by atoms with E-state index in [4.69, 9.17) is 21.1 Å². The number of benzene rings is 2. The normalized spacial score (nSPS) is 11.4. The van der Waals surface area contributed by atoms with Gasteiger partial charge in [-0.15, -0.1) is 0 Å². The molecular formula is C22H25ClN2O5. The maximum absolute atomic E-state index is 12.5. The summed E-state index contributed by atoms with van der Waals surface area (Å²) < 4.78 is 10.5. The first kappa shape index (κ1) is 23.2. The van der Waals surface area contributed by atoms with Crippen molar-refractivity contribution in [1.29, 1.82) is 0 Å². The van der Waals surface area contributed by atoms with Crippen LogP contribution in [0, 0.1) is 6.92 Å². The van der Waals surface area contributed by atoms with E-state index in [1.54, 1.807) is 44.2 Å². The maximum Gasteiger partial charge on any atom is 0.337 e. The molecule has 2 aromatic carbocycles. The van der Waals surface area contributed by atoms with E-state index in [9.17, 15) is 14.4 Å². The Balaban J connectivity index is 2.08. The molecule has 160 valence electrons. The van der Waals surface area contributed by atoms with Crippen LogP contribution in [0.3, 0.4) is 0 Å². The molecular weight excluding hydrogens is 408 g/mol. The predicted octanol–water partition coefficient (Wildman–Crippen LogP) is 3.87. The lowest BCUT2D eigenvalue weighted by molar-refractivity contribution is -0.127. The first-order valence-electron chi connectivity index (χ1n) is 9.46. The Morgan fingerprint density at radius 3 is 2.50 bits per heavy atom. The molecule has 0 bridgehead atoms. The lowest BCUT2D eigenvalue weighted by atomic mass is 10.1.